The smallest absolute Gasteiger partial charge is 0.222 e. The average molecular weight is 212 g/mol. The van der Waals surface area contributed by atoms with E-state index < -0.39 is 0 Å². The van der Waals surface area contributed by atoms with Crippen molar-refractivity contribution in [3.8, 4) is 0 Å². The first-order valence-electron chi connectivity index (χ1n) is 6.11. The number of rotatable bonds is 5. The third-order valence-electron chi connectivity index (χ3n) is 3.15. The standard InChI is InChI=1S/C12H24N2O/c1-14(2)12(15)8-4-3-6-11-7-5-9-13-10-11/h11,13H,3-10H2,1-2H3. The molecular formula is C12H24N2O. The van der Waals surface area contributed by atoms with E-state index in [0.29, 0.717) is 6.42 Å². The Morgan fingerprint density at radius 2 is 2.20 bits per heavy atom. The van der Waals surface area contributed by atoms with Crippen LogP contribution in [0.4, 0.5) is 0 Å². The van der Waals surface area contributed by atoms with Crippen molar-refractivity contribution in [1.29, 1.82) is 0 Å². The predicted molar refractivity (Wildman–Crippen MR) is 62.8 cm³/mol. The van der Waals surface area contributed by atoms with Crippen LogP contribution in [-0.4, -0.2) is 38.0 Å². The highest BCUT2D eigenvalue weighted by atomic mass is 16.2. The Hall–Kier alpha value is -0.570. The zero-order valence-electron chi connectivity index (χ0n) is 10.1. The van der Waals surface area contributed by atoms with Crippen LogP contribution in [0.15, 0.2) is 0 Å². The minimum atomic E-state index is 0.261. The van der Waals surface area contributed by atoms with E-state index >= 15 is 0 Å². The van der Waals surface area contributed by atoms with Gasteiger partial charge in [-0.25, -0.2) is 0 Å². The van der Waals surface area contributed by atoms with Gasteiger partial charge in [-0.1, -0.05) is 6.42 Å². The molecule has 0 saturated carbocycles. The normalized spacial score (nSPS) is 21.3. The molecule has 1 atom stereocenters. The van der Waals surface area contributed by atoms with Crippen molar-refractivity contribution in [3.63, 3.8) is 0 Å². The summed E-state index contributed by atoms with van der Waals surface area (Å²) < 4.78 is 0. The number of piperidine rings is 1. The van der Waals surface area contributed by atoms with Crippen LogP contribution in [0.1, 0.15) is 38.5 Å². The largest absolute Gasteiger partial charge is 0.349 e. The Labute approximate surface area is 93.2 Å². The highest BCUT2D eigenvalue weighted by Crippen LogP contribution is 2.17. The van der Waals surface area contributed by atoms with Crippen LogP contribution in [0, 0.1) is 5.92 Å². The second-order valence-electron chi connectivity index (χ2n) is 4.75. The molecule has 88 valence electrons. The lowest BCUT2D eigenvalue weighted by Gasteiger charge is -2.22. The molecule has 1 fully saturated rings. The molecule has 0 bridgehead atoms. The monoisotopic (exact) mass is 212 g/mol. The maximum absolute atomic E-state index is 11.3. The summed E-state index contributed by atoms with van der Waals surface area (Å²) in [6.07, 6.45) is 6.94. The minimum Gasteiger partial charge on any atom is -0.349 e. The van der Waals surface area contributed by atoms with Gasteiger partial charge in [-0.2, -0.15) is 0 Å². The van der Waals surface area contributed by atoms with Crippen molar-refractivity contribution < 1.29 is 4.79 Å². The maximum Gasteiger partial charge on any atom is 0.222 e. The molecule has 0 spiro atoms. The van der Waals surface area contributed by atoms with Gasteiger partial charge < -0.3 is 10.2 Å². The average Bonchev–Trinajstić information content (AvgIpc) is 2.25. The Morgan fingerprint density at radius 3 is 2.80 bits per heavy atom. The molecule has 1 saturated heterocycles. The molecular weight excluding hydrogens is 188 g/mol. The summed E-state index contributed by atoms with van der Waals surface area (Å²) in [6.45, 7) is 2.37. The molecule has 0 aliphatic carbocycles. The summed E-state index contributed by atoms with van der Waals surface area (Å²) >= 11 is 0. The fraction of sp³-hybridized carbons (Fsp3) is 0.917. The first-order chi connectivity index (χ1) is 7.20. The summed E-state index contributed by atoms with van der Waals surface area (Å²) in [5.74, 6) is 1.12. The minimum absolute atomic E-state index is 0.261. The van der Waals surface area contributed by atoms with Crippen molar-refractivity contribution >= 4 is 5.91 Å². The second kappa shape index (κ2) is 6.83. The fourth-order valence-corrected chi connectivity index (χ4v) is 2.10. The van der Waals surface area contributed by atoms with Gasteiger partial charge in [0.2, 0.25) is 5.91 Å². The summed E-state index contributed by atoms with van der Waals surface area (Å²) in [5.41, 5.74) is 0. The van der Waals surface area contributed by atoms with E-state index in [4.69, 9.17) is 0 Å². The highest BCUT2D eigenvalue weighted by molar-refractivity contribution is 5.75. The number of carbonyl (C=O) groups excluding carboxylic acids is 1. The summed E-state index contributed by atoms with van der Waals surface area (Å²) in [4.78, 5) is 13.0. The van der Waals surface area contributed by atoms with Gasteiger partial charge in [0.1, 0.15) is 0 Å². The molecule has 3 nitrogen and oxygen atoms in total. The van der Waals surface area contributed by atoms with E-state index in [2.05, 4.69) is 5.32 Å². The number of unbranched alkanes of at least 4 members (excludes halogenated alkanes) is 1. The van der Waals surface area contributed by atoms with Crippen LogP contribution in [0.5, 0.6) is 0 Å². The maximum atomic E-state index is 11.3. The predicted octanol–water partition coefficient (Wildman–Crippen LogP) is 1.63. The number of nitrogens with zero attached hydrogens (tertiary/aromatic N) is 1. The van der Waals surface area contributed by atoms with E-state index in [9.17, 15) is 4.79 Å². The molecule has 1 rings (SSSR count). The highest BCUT2D eigenvalue weighted by Gasteiger charge is 2.12. The molecule has 3 heteroatoms. The molecule has 1 amide bonds. The van der Waals surface area contributed by atoms with Gasteiger partial charge in [0, 0.05) is 20.5 Å². The number of hydrogen-bond donors (Lipinski definition) is 1. The Kier molecular flexibility index (Phi) is 5.69. The summed E-state index contributed by atoms with van der Waals surface area (Å²) in [6, 6.07) is 0. The summed E-state index contributed by atoms with van der Waals surface area (Å²) in [7, 11) is 3.65. The van der Waals surface area contributed by atoms with Crippen molar-refractivity contribution in [2.45, 2.75) is 38.5 Å². The van der Waals surface area contributed by atoms with E-state index in [1.165, 1.54) is 38.8 Å². The third-order valence-corrected chi connectivity index (χ3v) is 3.15. The van der Waals surface area contributed by atoms with Crippen molar-refractivity contribution in [1.82, 2.24) is 10.2 Å². The number of nitrogens with one attached hydrogen (secondary N) is 1. The lowest BCUT2D eigenvalue weighted by molar-refractivity contribution is -0.128. The third kappa shape index (κ3) is 5.17. The first-order valence-corrected chi connectivity index (χ1v) is 6.11. The molecule has 0 radical (unpaired) electrons. The van der Waals surface area contributed by atoms with Crippen molar-refractivity contribution in [3.05, 3.63) is 0 Å². The Morgan fingerprint density at radius 1 is 1.40 bits per heavy atom. The molecule has 1 unspecified atom stereocenters. The van der Waals surface area contributed by atoms with E-state index in [-0.39, 0.29) is 5.91 Å². The number of carbonyl (C=O) groups is 1. The fourth-order valence-electron chi connectivity index (χ4n) is 2.10. The van der Waals surface area contributed by atoms with E-state index in [1.807, 2.05) is 14.1 Å². The summed E-state index contributed by atoms with van der Waals surface area (Å²) in [5, 5.41) is 3.43. The number of hydrogen-bond acceptors (Lipinski definition) is 2. The van der Waals surface area contributed by atoms with Crippen LogP contribution in [0.25, 0.3) is 0 Å². The zero-order chi connectivity index (χ0) is 11.1. The second-order valence-corrected chi connectivity index (χ2v) is 4.75. The molecule has 1 aliphatic rings. The molecule has 0 aromatic rings. The molecule has 1 aliphatic heterocycles. The van der Waals surface area contributed by atoms with E-state index in [1.54, 1.807) is 4.90 Å². The topological polar surface area (TPSA) is 32.3 Å². The van der Waals surface area contributed by atoms with Crippen LogP contribution in [0.2, 0.25) is 0 Å². The van der Waals surface area contributed by atoms with Gasteiger partial charge in [0.25, 0.3) is 0 Å². The van der Waals surface area contributed by atoms with Gasteiger partial charge in [0.05, 0.1) is 0 Å². The van der Waals surface area contributed by atoms with Crippen LogP contribution >= 0.6 is 0 Å². The lowest BCUT2D eigenvalue weighted by Crippen LogP contribution is -2.29. The van der Waals surface area contributed by atoms with Crippen molar-refractivity contribution in [2.75, 3.05) is 27.2 Å². The van der Waals surface area contributed by atoms with Crippen LogP contribution in [-0.2, 0) is 4.79 Å². The molecule has 1 N–H and O–H groups in total. The van der Waals surface area contributed by atoms with Crippen LogP contribution < -0.4 is 5.32 Å². The lowest BCUT2D eigenvalue weighted by atomic mass is 9.93. The van der Waals surface area contributed by atoms with Gasteiger partial charge in [0.15, 0.2) is 0 Å². The quantitative estimate of drug-likeness (QED) is 0.703. The van der Waals surface area contributed by atoms with Crippen molar-refractivity contribution in [2.24, 2.45) is 5.92 Å². The molecule has 1 heterocycles. The van der Waals surface area contributed by atoms with Gasteiger partial charge in [-0.05, 0) is 44.7 Å². The van der Waals surface area contributed by atoms with Gasteiger partial charge >= 0.3 is 0 Å². The Bertz CT molecular complexity index is 186. The SMILES string of the molecule is CN(C)C(=O)CCCCC1CCCNC1. The van der Waals surface area contributed by atoms with Crippen LogP contribution in [0.3, 0.4) is 0 Å². The number of amides is 1. The molecule has 0 aromatic carbocycles. The molecule has 15 heavy (non-hydrogen) atoms. The Balaban J connectivity index is 1.98. The van der Waals surface area contributed by atoms with E-state index in [0.717, 1.165) is 12.3 Å². The zero-order valence-corrected chi connectivity index (χ0v) is 10.1. The van der Waals surface area contributed by atoms with Gasteiger partial charge in [-0.15, -0.1) is 0 Å². The first kappa shape index (κ1) is 12.5. The van der Waals surface area contributed by atoms with Gasteiger partial charge in [-0.3, -0.25) is 4.79 Å². The molecule has 0 aromatic heterocycles.